The van der Waals surface area contributed by atoms with Crippen molar-refractivity contribution in [1.29, 1.82) is 0 Å². The molecule has 0 radical (unpaired) electrons. The van der Waals surface area contributed by atoms with Crippen molar-refractivity contribution < 1.29 is 14.2 Å². The van der Waals surface area contributed by atoms with E-state index in [0.29, 0.717) is 29.8 Å². The van der Waals surface area contributed by atoms with E-state index in [1.807, 2.05) is 12.1 Å². The van der Waals surface area contributed by atoms with Crippen LogP contribution in [0.5, 0.6) is 17.2 Å². The highest BCUT2D eigenvalue weighted by Crippen LogP contribution is 2.38. The lowest BCUT2D eigenvalue weighted by atomic mass is 9.98. The Morgan fingerprint density at radius 1 is 1.11 bits per heavy atom. The van der Waals surface area contributed by atoms with E-state index in [0.717, 1.165) is 24.0 Å². The van der Waals surface area contributed by atoms with Crippen LogP contribution in [-0.4, -0.2) is 64.9 Å². The SMILES string of the molecule is CN=C(NCc1cc(OC)c(OC)c(OC)c1)NCC(C)N1CCC(C)CC1. The standard InChI is InChI=1S/C21H36N4O3/c1-15-7-9-25(10-8-15)16(2)13-23-21(22-3)24-14-17-11-18(26-4)20(28-6)19(12-17)27-5/h11-12,15-16H,7-10,13-14H2,1-6H3,(H2,22,23,24). The molecule has 1 saturated heterocycles. The van der Waals surface area contributed by atoms with Crippen molar-refractivity contribution in [2.45, 2.75) is 39.3 Å². The van der Waals surface area contributed by atoms with E-state index in [2.05, 4.69) is 34.4 Å². The maximum absolute atomic E-state index is 5.42. The van der Waals surface area contributed by atoms with Crippen LogP contribution in [0.1, 0.15) is 32.3 Å². The molecule has 0 spiro atoms. The Morgan fingerprint density at radius 2 is 1.71 bits per heavy atom. The molecule has 2 N–H and O–H groups in total. The quantitative estimate of drug-likeness (QED) is 0.523. The minimum atomic E-state index is 0.479. The molecule has 158 valence electrons. The third-order valence-electron chi connectivity index (χ3n) is 5.41. The van der Waals surface area contributed by atoms with Crippen molar-refractivity contribution in [3.63, 3.8) is 0 Å². The van der Waals surface area contributed by atoms with Gasteiger partial charge in [0.1, 0.15) is 0 Å². The Hall–Kier alpha value is -2.15. The summed E-state index contributed by atoms with van der Waals surface area (Å²) in [6.07, 6.45) is 2.58. The van der Waals surface area contributed by atoms with Crippen LogP contribution in [0.25, 0.3) is 0 Å². The lowest BCUT2D eigenvalue weighted by Gasteiger charge is -2.35. The second-order valence-electron chi connectivity index (χ2n) is 7.41. The average molecular weight is 393 g/mol. The highest BCUT2D eigenvalue weighted by atomic mass is 16.5. The monoisotopic (exact) mass is 392 g/mol. The predicted molar refractivity (Wildman–Crippen MR) is 114 cm³/mol. The molecular formula is C21H36N4O3. The number of rotatable bonds is 8. The molecule has 0 amide bonds. The molecule has 1 aliphatic heterocycles. The van der Waals surface area contributed by atoms with Crippen LogP contribution in [0.15, 0.2) is 17.1 Å². The number of hydrogen-bond donors (Lipinski definition) is 2. The number of guanidine groups is 1. The van der Waals surface area contributed by atoms with Gasteiger partial charge in [-0.2, -0.15) is 0 Å². The molecule has 1 aromatic carbocycles. The Balaban J connectivity index is 1.90. The van der Waals surface area contributed by atoms with Crippen molar-refractivity contribution in [3.8, 4) is 17.2 Å². The third kappa shape index (κ3) is 5.92. The molecule has 1 fully saturated rings. The first-order valence-electron chi connectivity index (χ1n) is 9.99. The number of hydrogen-bond acceptors (Lipinski definition) is 5. The number of likely N-dealkylation sites (tertiary alicyclic amines) is 1. The molecule has 2 rings (SSSR count). The lowest BCUT2D eigenvalue weighted by molar-refractivity contribution is 0.147. The van der Waals surface area contributed by atoms with Gasteiger partial charge >= 0.3 is 0 Å². The first-order valence-corrected chi connectivity index (χ1v) is 9.99. The third-order valence-corrected chi connectivity index (χ3v) is 5.41. The fraction of sp³-hybridized carbons (Fsp3) is 0.667. The molecule has 7 nitrogen and oxygen atoms in total. The second kappa shape index (κ2) is 11.0. The number of methoxy groups -OCH3 is 3. The van der Waals surface area contributed by atoms with Crippen LogP contribution in [0.2, 0.25) is 0 Å². The predicted octanol–water partition coefficient (Wildman–Crippen LogP) is 2.50. The van der Waals surface area contributed by atoms with Crippen LogP contribution in [0.4, 0.5) is 0 Å². The lowest BCUT2D eigenvalue weighted by Crippen LogP contribution is -2.47. The Kier molecular flexibility index (Phi) is 8.70. The topological polar surface area (TPSA) is 67.4 Å². The van der Waals surface area contributed by atoms with Gasteiger partial charge in [-0.1, -0.05) is 6.92 Å². The van der Waals surface area contributed by atoms with E-state index in [4.69, 9.17) is 14.2 Å². The summed E-state index contributed by atoms with van der Waals surface area (Å²) < 4.78 is 16.2. The van der Waals surface area contributed by atoms with Gasteiger partial charge in [0.05, 0.1) is 21.3 Å². The smallest absolute Gasteiger partial charge is 0.203 e. The van der Waals surface area contributed by atoms with Gasteiger partial charge in [0.25, 0.3) is 0 Å². The van der Waals surface area contributed by atoms with Crippen molar-refractivity contribution in [1.82, 2.24) is 15.5 Å². The molecule has 0 aromatic heterocycles. The number of piperidine rings is 1. The fourth-order valence-electron chi connectivity index (χ4n) is 3.49. The summed E-state index contributed by atoms with van der Waals surface area (Å²) in [7, 11) is 6.64. The number of benzene rings is 1. The molecule has 1 unspecified atom stereocenters. The van der Waals surface area contributed by atoms with Gasteiger partial charge in [0.2, 0.25) is 5.75 Å². The molecule has 1 atom stereocenters. The van der Waals surface area contributed by atoms with E-state index in [9.17, 15) is 0 Å². The number of nitrogens with one attached hydrogen (secondary N) is 2. The van der Waals surface area contributed by atoms with E-state index in [-0.39, 0.29) is 0 Å². The van der Waals surface area contributed by atoms with Gasteiger partial charge in [0.15, 0.2) is 17.5 Å². The zero-order valence-electron chi connectivity index (χ0n) is 18.2. The van der Waals surface area contributed by atoms with E-state index >= 15 is 0 Å². The van der Waals surface area contributed by atoms with Crippen molar-refractivity contribution >= 4 is 5.96 Å². The molecular weight excluding hydrogens is 356 g/mol. The molecule has 0 aliphatic carbocycles. The van der Waals surface area contributed by atoms with Gasteiger partial charge in [0, 0.05) is 26.2 Å². The largest absolute Gasteiger partial charge is 0.493 e. The summed E-state index contributed by atoms with van der Waals surface area (Å²) in [5, 5.41) is 6.80. The zero-order chi connectivity index (χ0) is 20.5. The number of nitrogens with zero attached hydrogens (tertiary/aromatic N) is 2. The second-order valence-corrected chi connectivity index (χ2v) is 7.41. The van der Waals surface area contributed by atoms with Crippen LogP contribution < -0.4 is 24.8 Å². The van der Waals surface area contributed by atoms with E-state index in [1.54, 1.807) is 28.4 Å². The summed E-state index contributed by atoms with van der Waals surface area (Å²) in [6.45, 7) is 8.45. The molecule has 0 bridgehead atoms. The van der Waals surface area contributed by atoms with Gasteiger partial charge in [-0.3, -0.25) is 9.89 Å². The molecule has 1 aromatic rings. The molecule has 28 heavy (non-hydrogen) atoms. The van der Waals surface area contributed by atoms with Crippen molar-refractivity contribution in [2.75, 3.05) is 48.0 Å². The molecule has 1 heterocycles. The summed E-state index contributed by atoms with van der Waals surface area (Å²) in [5.41, 5.74) is 1.02. The van der Waals surface area contributed by atoms with Gasteiger partial charge in [-0.15, -0.1) is 0 Å². The number of aliphatic imine (C=N–C) groups is 1. The Morgan fingerprint density at radius 3 is 2.21 bits per heavy atom. The highest BCUT2D eigenvalue weighted by Gasteiger charge is 2.20. The van der Waals surface area contributed by atoms with Crippen LogP contribution in [0, 0.1) is 5.92 Å². The highest BCUT2D eigenvalue weighted by molar-refractivity contribution is 5.79. The summed E-state index contributed by atoms with van der Waals surface area (Å²) in [6, 6.07) is 4.37. The van der Waals surface area contributed by atoms with E-state index < -0.39 is 0 Å². The first-order chi connectivity index (χ1) is 13.5. The zero-order valence-corrected chi connectivity index (χ0v) is 18.2. The number of ether oxygens (including phenoxy) is 3. The summed E-state index contributed by atoms with van der Waals surface area (Å²) >= 11 is 0. The Labute approximate surface area is 169 Å². The molecule has 0 saturated carbocycles. The fourth-order valence-corrected chi connectivity index (χ4v) is 3.49. The maximum Gasteiger partial charge on any atom is 0.203 e. The summed E-state index contributed by atoms with van der Waals surface area (Å²) in [4.78, 5) is 6.89. The van der Waals surface area contributed by atoms with Crippen LogP contribution in [-0.2, 0) is 6.54 Å². The van der Waals surface area contributed by atoms with Crippen LogP contribution in [0.3, 0.4) is 0 Å². The van der Waals surface area contributed by atoms with Gasteiger partial charge in [-0.05, 0) is 56.5 Å². The van der Waals surface area contributed by atoms with Crippen molar-refractivity contribution in [2.24, 2.45) is 10.9 Å². The van der Waals surface area contributed by atoms with Crippen LogP contribution >= 0.6 is 0 Å². The minimum absolute atomic E-state index is 0.479. The molecule has 7 heteroatoms. The molecule has 1 aliphatic rings. The summed E-state index contributed by atoms with van der Waals surface area (Å²) in [5.74, 6) is 3.53. The average Bonchev–Trinajstić information content (AvgIpc) is 2.73. The first kappa shape index (κ1) is 22.1. The van der Waals surface area contributed by atoms with Crippen molar-refractivity contribution in [3.05, 3.63) is 17.7 Å². The minimum Gasteiger partial charge on any atom is -0.493 e. The van der Waals surface area contributed by atoms with Gasteiger partial charge in [-0.25, -0.2) is 0 Å². The normalized spacial score (nSPS) is 17.1. The van der Waals surface area contributed by atoms with Gasteiger partial charge < -0.3 is 24.8 Å². The Bertz CT molecular complexity index is 618. The van der Waals surface area contributed by atoms with E-state index in [1.165, 1.54) is 25.9 Å². The maximum atomic E-state index is 5.42.